The zero-order valence-electron chi connectivity index (χ0n) is 41.8. The van der Waals surface area contributed by atoms with Crippen molar-refractivity contribution in [3.05, 3.63) is 71.3 Å². The monoisotopic (exact) mass is 1090 g/mol. The molecule has 75 heavy (non-hydrogen) atoms. The summed E-state index contributed by atoms with van der Waals surface area (Å²) in [5, 5.41) is 105. The second-order valence-electron chi connectivity index (χ2n) is 18.5. The van der Waals surface area contributed by atoms with Gasteiger partial charge in [0.15, 0.2) is 36.4 Å². The number of guanidine groups is 2. The standard InChI is InChI=1S/C21H39N7O12.C17H20N2S.C8H11N3O3S/c1-5-21(36,4-30)16(40-17-9(26-2)13(34)10(31)6(3-29)38-17)18(37-5)39-15-8(28-20(24)25)11(32)7(27-19(22)23)12(33)14(15)35;1-13(18(2)3)12-19-14-8-4-6-10-16(14)20-17-11-7-5-9-15(17)19;9-5-1-2-11(8(13)10-5)6-4-15-7(3-12)14-6/h4-18,26,29,31-36H,3H2,1-2H3,(H4,22,23,27)(H4,24,25,28);4-11,13H,12H2,1-3H3;1-2,6-7,12H,3-4H2,(H2,9,10,13)/t5-,6-,7+,8-,9-,10-,11+,12-,13-,14+,15+,16-,17-,18-,21+;;6-,7+/m0.1/s1. The summed E-state index contributed by atoms with van der Waals surface area (Å²) >= 11 is 3.33. The van der Waals surface area contributed by atoms with Crippen LogP contribution in [0.2, 0.25) is 0 Å². The van der Waals surface area contributed by atoms with E-state index in [1.54, 1.807) is 12.3 Å². The largest absolute Gasteiger partial charge is 0.394 e. The van der Waals surface area contributed by atoms with Crippen molar-refractivity contribution in [2.75, 3.05) is 57.3 Å². The number of nitrogens with two attached hydrogens (primary N) is 3. The average Bonchev–Trinajstić information content (AvgIpc) is 3.95. The molecule has 19 N–H and O–H groups in total. The molecule has 4 fully saturated rings. The minimum atomic E-state index is -2.39. The molecule has 27 nitrogen and oxygen atoms in total. The lowest BCUT2D eigenvalue weighted by Crippen LogP contribution is -2.73. The van der Waals surface area contributed by atoms with Crippen LogP contribution in [0, 0.1) is 10.8 Å². The molecule has 0 spiro atoms. The molecule has 5 aliphatic rings. The fraction of sp³-hybridized carbons (Fsp3) is 0.587. The number of fused-ring (bicyclic) bond motifs is 2. The zero-order chi connectivity index (χ0) is 55.1. The van der Waals surface area contributed by atoms with Gasteiger partial charge in [-0.2, -0.15) is 4.98 Å². The Labute approximate surface area is 440 Å². The van der Waals surface area contributed by atoms with E-state index in [9.17, 15) is 45.3 Å². The molecule has 1 aromatic heterocycles. The molecule has 29 heteroatoms. The van der Waals surface area contributed by atoms with Crippen LogP contribution in [-0.2, 0) is 28.5 Å². The number of thioether (sulfide) groups is 1. The molecule has 18 atom stereocenters. The fourth-order valence-electron chi connectivity index (χ4n) is 8.91. The van der Waals surface area contributed by atoms with Crippen molar-refractivity contribution in [1.82, 2.24) is 30.4 Å². The van der Waals surface area contributed by atoms with Gasteiger partial charge in [0, 0.05) is 34.3 Å². The summed E-state index contributed by atoms with van der Waals surface area (Å²) in [7, 11) is 5.69. The van der Waals surface area contributed by atoms with Crippen LogP contribution in [0.5, 0.6) is 0 Å². The second-order valence-corrected chi connectivity index (χ2v) is 20.8. The topological polar surface area (TPSA) is 428 Å². The van der Waals surface area contributed by atoms with E-state index >= 15 is 0 Å². The number of nitrogens with zero attached hydrogens (tertiary/aromatic N) is 4. The van der Waals surface area contributed by atoms with Crippen molar-refractivity contribution in [3.8, 4) is 0 Å². The minimum Gasteiger partial charge on any atom is -0.394 e. The molecule has 416 valence electrons. The lowest BCUT2D eigenvalue weighted by atomic mass is 9.81. The first-order valence-electron chi connectivity index (χ1n) is 23.8. The minimum absolute atomic E-state index is 0.0572. The predicted octanol–water partition coefficient (Wildman–Crippen LogP) is -4.10. The molecule has 0 radical (unpaired) electrons. The molecule has 0 amide bonds. The molecular weight excluding hydrogens is 1020 g/mol. The van der Waals surface area contributed by atoms with E-state index in [2.05, 4.69) is 100 Å². The highest BCUT2D eigenvalue weighted by Crippen LogP contribution is 2.48. The Hall–Kier alpha value is -4.77. The molecule has 3 aromatic rings. The van der Waals surface area contributed by atoms with E-state index in [0.29, 0.717) is 11.8 Å². The summed E-state index contributed by atoms with van der Waals surface area (Å²) < 4.78 is 29.7. The van der Waals surface area contributed by atoms with Crippen LogP contribution in [0.25, 0.3) is 0 Å². The number of carbonyl (C=O) groups is 1. The molecule has 0 bridgehead atoms. The smallest absolute Gasteiger partial charge is 0.351 e. The van der Waals surface area contributed by atoms with Gasteiger partial charge in [-0.05, 0) is 65.3 Å². The van der Waals surface area contributed by atoms with Gasteiger partial charge in [-0.1, -0.05) is 36.0 Å². The van der Waals surface area contributed by atoms with Gasteiger partial charge in [-0.15, -0.1) is 11.8 Å². The summed E-state index contributed by atoms with van der Waals surface area (Å²) in [5.41, 5.74) is 15.7. The molecule has 5 heterocycles. The van der Waals surface area contributed by atoms with Gasteiger partial charge in [-0.3, -0.25) is 20.2 Å². The Balaban J connectivity index is 0.000000213. The first kappa shape index (κ1) is 59.5. The lowest BCUT2D eigenvalue weighted by molar-refractivity contribution is -0.314. The maximum atomic E-state index is 12.1. The van der Waals surface area contributed by atoms with Crippen LogP contribution >= 0.6 is 23.5 Å². The van der Waals surface area contributed by atoms with Crippen molar-refractivity contribution < 1.29 is 69.3 Å². The highest BCUT2D eigenvalue weighted by atomic mass is 32.2. The number of hydrogen-bond acceptors (Lipinski definition) is 24. The maximum absolute atomic E-state index is 12.1. The van der Waals surface area contributed by atoms with Crippen LogP contribution in [-0.4, -0.2) is 223 Å². The van der Waals surface area contributed by atoms with E-state index in [1.165, 1.54) is 51.5 Å². The van der Waals surface area contributed by atoms with E-state index in [0.717, 1.165) is 6.54 Å². The number of para-hydroxylation sites is 2. The van der Waals surface area contributed by atoms with Gasteiger partial charge in [0.05, 0.1) is 54.9 Å². The normalized spacial score (nSPS) is 34.4. The average molecular weight is 1100 g/mol. The third-order valence-electron chi connectivity index (χ3n) is 13.4. The predicted molar refractivity (Wildman–Crippen MR) is 275 cm³/mol. The Kier molecular flexibility index (Phi) is 20.7. The van der Waals surface area contributed by atoms with Gasteiger partial charge in [0.25, 0.3) is 0 Å². The number of likely N-dealkylation sites (N-methyl/N-ethyl adjacent to an activating group) is 2. The summed E-state index contributed by atoms with van der Waals surface area (Å²) in [6, 6.07) is 15.4. The van der Waals surface area contributed by atoms with Crippen LogP contribution in [0.15, 0.2) is 75.4 Å². The van der Waals surface area contributed by atoms with Gasteiger partial charge >= 0.3 is 5.69 Å². The van der Waals surface area contributed by atoms with Crippen LogP contribution in [0.1, 0.15) is 20.1 Å². The zero-order valence-corrected chi connectivity index (χ0v) is 43.4. The number of aliphatic hydroxyl groups excluding tert-OH is 7. The van der Waals surface area contributed by atoms with Crippen LogP contribution < -0.4 is 43.7 Å². The van der Waals surface area contributed by atoms with E-state index in [4.69, 9.17) is 56.8 Å². The molecular formula is C46H70N12O15S2. The van der Waals surface area contributed by atoms with Crippen molar-refractivity contribution in [3.63, 3.8) is 0 Å². The molecule has 3 saturated heterocycles. The number of rotatable bonds is 14. The van der Waals surface area contributed by atoms with Crippen molar-refractivity contribution in [1.29, 1.82) is 10.8 Å². The van der Waals surface area contributed by atoms with Crippen LogP contribution in [0.4, 0.5) is 17.2 Å². The van der Waals surface area contributed by atoms with E-state index < -0.39 is 115 Å². The first-order valence-corrected chi connectivity index (χ1v) is 25.7. The Morgan fingerprint density at radius 1 is 0.880 bits per heavy atom. The number of carbonyl (C=O) groups excluding carboxylic acids is 1. The Morgan fingerprint density at radius 2 is 1.48 bits per heavy atom. The molecule has 1 unspecified atom stereocenters. The number of aliphatic hydroxyl groups is 8. The number of hydrogen-bond donors (Lipinski definition) is 16. The van der Waals surface area contributed by atoms with Crippen molar-refractivity contribution in [2.24, 2.45) is 11.5 Å². The fourth-order valence-corrected chi connectivity index (χ4v) is 10.9. The lowest BCUT2D eigenvalue weighted by Gasteiger charge is -2.47. The number of aromatic nitrogens is 2. The van der Waals surface area contributed by atoms with Gasteiger partial charge in [-0.25, -0.2) is 4.79 Å². The van der Waals surface area contributed by atoms with Gasteiger partial charge < -0.3 is 107 Å². The number of nitrogens with one attached hydrogen (secondary N) is 5. The highest BCUT2D eigenvalue weighted by Gasteiger charge is 2.61. The second kappa shape index (κ2) is 26.0. The SMILES string of the molecule is CC(CN1c2ccccc2Sc2ccccc21)N(C)C.CN[C@@H]1[C@H](O[C@H]2[C@H](O[C@H]3[C@H](O)[C@@H](O)[C@H](NC(=N)N)[C@@H](O)[C@@H]3NC(=N)N)O[C@@H](C)[C@]2(O)C=O)O[C@@H](CO)[C@H](O)[C@H]1O.Nc1ccn([C@H]2CS[C@@H](CO)O2)c(=O)n1. The molecule has 1 saturated carbocycles. The summed E-state index contributed by atoms with van der Waals surface area (Å²) in [6.45, 7) is 3.83. The molecule has 2 aromatic carbocycles. The number of ether oxygens (including phenoxy) is 5. The number of nitrogen functional groups attached to an aromatic ring is 1. The Morgan fingerprint density at radius 3 is 2.01 bits per heavy atom. The third kappa shape index (κ3) is 13.5. The molecule has 8 rings (SSSR count). The molecule has 1 aliphatic carbocycles. The van der Waals surface area contributed by atoms with E-state index in [1.807, 2.05) is 11.8 Å². The Bertz CT molecular complexity index is 2410. The summed E-state index contributed by atoms with van der Waals surface area (Å²) in [6.07, 6.45) is -16.1. The highest BCUT2D eigenvalue weighted by molar-refractivity contribution is 8.00. The van der Waals surface area contributed by atoms with E-state index in [-0.39, 0.29) is 30.4 Å². The van der Waals surface area contributed by atoms with Gasteiger partial charge in [0.2, 0.25) is 0 Å². The number of aldehydes is 1. The summed E-state index contributed by atoms with van der Waals surface area (Å²) in [5.74, 6) is -0.471. The quantitative estimate of drug-likeness (QED) is 0.0414. The van der Waals surface area contributed by atoms with Gasteiger partial charge in [0.1, 0.15) is 60.2 Å². The van der Waals surface area contributed by atoms with Crippen molar-refractivity contribution in [2.45, 2.75) is 133 Å². The molecule has 4 aliphatic heterocycles. The number of benzene rings is 2. The number of anilines is 3. The maximum Gasteiger partial charge on any atom is 0.351 e. The van der Waals surface area contributed by atoms with Crippen LogP contribution in [0.3, 0.4) is 0 Å². The summed E-state index contributed by atoms with van der Waals surface area (Å²) in [4.78, 5) is 34.5. The first-order chi connectivity index (χ1) is 35.6. The van der Waals surface area contributed by atoms with Crippen molar-refractivity contribution >= 4 is 58.9 Å². The third-order valence-corrected chi connectivity index (χ3v) is 15.6.